The molecule has 1 fully saturated rings. The van der Waals surface area contributed by atoms with Crippen molar-refractivity contribution in [3.05, 3.63) is 22.9 Å². The van der Waals surface area contributed by atoms with E-state index < -0.39 is 0 Å². The first-order valence-corrected chi connectivity index (χ1v) is 9.64. The molecular weight excluding hydrogens is 330 g/mol. The highest BCUT2D eigenvalue weighted by Gasteiger charge is 2.35. The summed E-state index contributed by atoms with van der Waals surface area (Å²) in [4.78, 5) is 31.3. The highest BCUT2D eigenvalue weighted by atomic mass is 16.5. The number of hydrogen-bond acceptors (Lipinski definition) is 4. The summed E-state index contributed by atoms with van der Waals surface area (Å²) in [5, 5.41) is 2.92. The number of carbonyl (C=O) groups excluding carboxylic acids is 2. The van der Waals surface area contributed by atoms with Crippen LogP contribution in [0.2, 0.25) is 0 Å². The molecular formula is C20H29N3O3. The third kappa shape index (κ3) is 4.00. The minimum absolute atomic E-state index is 0.0140. The number of amides is 2. The number of nitrogens with zero attached hydrogens (tertiary/aromatic N) is 2. The molecule has 3 rings (SSSR count). The van der Waals surface area contributed by atoms with Crippen LogP contribution in [0.3, 0.4) is 0 Å². The lowest BCUT2D eigenvalue weighted by Gasteiger charge is -2.22. The third-order valence-electron chi connectivity index (χ3n) is 5.34. The Morgan fingerprint density at radius 1 is 1.38 bits per heavy atom. The number of fused-ring (bicyclic) bond motifs is 1. The first-order valence-electron chi connectivity index (χ1n) is 9.64. The summed E-state index contributed by atoms with van der Waals surface area (Å²) in [6, 6.07) is 2.18. The fraction of sp³-hybridized carbons (Fsp3) is 0.650. The van der Waals surface area contributed by atoms with E-state index in [1.54, 1.807) is 7.11 Å². The second-order valence-electron chi connectivity index (χ2n) is 7.73. The van der Waals surface area contributed by atoms with Gasteiger partial charge in [0.15, 0.2) is 0 Å². The molecule has 0 spiro atoms. The van der Waals surface area contributed by atoms with Gasteiger partial charge in [-0.05, 0) is 31.2 Å². The quantitative estimate of drug-likeness (QED) is 0.812. The molecule has 26 heavy (non-hydrogen) atoms. The molecule has 1 aromatic heterocycles. The number of nitrogens with one attached hydrogen (secondary N) is 1. The van der Waals surface area contributed by atoms with Crippen molar-refractivity contribution in [1.29, 1.82) is 0 Å². The van der Waals surface area contributed by atoms with Gasteiger partial charge in [-0.3, -0.25) is 9.59 Å². The molecule has 2 amide bonds. The normalized spacial score (nSPS) is 17.1. The first-order chi connectivity index (χ1) is 12.5. The van der Waals surface area contributed by atoms with Crippen molar-refractivity contribution in [3.8, 4) is 5.88 Å². The summed E-state index contributed by atoms with van der Waals surface area (Å²) in [6.07, 6.45) is 5.91. The highest BCUT2D eigenvalue weighted by Crippen LogP contribution is 2.33. The van der Waals surface area contributed by atoms with Crippen molar-refractivity contribution >= 4 is 11.8 Å². The number of methoxy groups -OCH3 is 1. The van der Waals surface area contributed by atoms with E-state index in [9.17, 15) is 9.59 Å². The van der Waals surface area contributed by atoms with Gasteiger partial charge in [-0.25, -0.2) is 4.98 Å². The number of rotatable bonds is 7. The maximum absolute atomic E-state index is 12.8. The Balaban J connectivity index is 1.71. The van der Waals surface area contributed by atoms with Crippen molar-refractivity contribution in [3.63, 3.8) is 0 Å². The molecule has 1 N–H and O–H groups in total. The zero-order valence-corrected chi connectivity index (χ0v) is 16.0. The predicted octanol–water partition coefficient (Wildman–Crippen LogP) is 3.04. The molecule has 1 saturated carbocycles. The Bertz CT molecular complexity index is 681. The molecule has 0 aromatic carbocycles. The fourth-order valence-electron chi connectivity index (χ4n) is 3.78. The fourth-order valence-corrected chi connectivity index (χ4v) is 3.78. The van der Waals surface area contributed by atoms with Gasteiger partial charge in [0.05, 0.1) is 24.9 Å². The van der Waals surface area contributed by atoms with Gasteiger partial charge in [0.2, 0.25) is 11.8 Å². The number of carbonyl (C=O) groups is 2. The van der Waals surface area contributed by atoms with Gasteiger partial charge in [-0.1, -0.05) is 26.7 Å². The topological polar surface area (TPSA) is 71.5 Å². The van der Waals surface area contributed by atoms with Crippen LogP contribution in [0.4, 0.5) is 0 Å². The summed E-state index contributed by atoms with van der Waals surface area (Å²) in [6.45, 7) is 5.10. The summed E-state index contributed by atoms with van der Waals surface area (Å²) in [5.74, 6) is 1.07. The van der Waals surface area contributed by atoms with Crippen LogP contribution in [0.25, 0.3) is 0 Å². The van der Waals surface area contributed by atoms with E-state index in [1.807, 2.05) is 11.0 Å². The average molecular weight is 359 g/mol. The van der Waals surface area contributed by atoms with Gasteiger partial charge in [0, 0.05) is 24.6 Å². The van der Waals surface area contributed by atoms with Crippen LogP contribution in [0.15, 0.2) is 6.07 Å². The van der Waals surface area contributed by atoms with Crippen LogP contribution in [0.5, 0.6) is 5.88 Å². The molecule has 1 aliphatic carbocycles. The Morgan fingerprint density at radius 2 is 2.12 bits per heavy atom. The number of ether oxygens (including phenoxy) is 1. The first kappa shape index (κ1) is 18.7. The maximum Gasteiger partial charge on any atom is 0.256 e. The van der Waals surface area contributed by atoms with Crippen LogP contribution >= 0.6 is 0 Å². The van der Waals surface area contributed by atoms with E-state index in [0.717, 1.165) is 30.5 Å². The number of aromatic nitrogens is 1. The molecule has 0 radical (unpaired) electrons. The predicted molar refractivity (Wildman–Crippen MR) is 98.8 cm³/mol. The molecule has 0 atom stereocenters. The maximum atomic E-state index is 12.8. The van der Waals surface area contributed by atoms with E-state index in [1.165, 1.54) is 12.8 Å². The SMILES string of the molecule is COc1nc2c(cc1CNC(=O)CCC(C)C)C(=O)N(C1CCCC1)C2. The summed E-state index contributed by atoms with van der Waals surface area (Å²) < 4.78 is 5.40. The van der Waals surface area contributed by atoms with Gasteiger partial charge < -0.3 is 15.0 Å². The van der Waals surface area contributed by atoms with Gasteiger partial charge in [-0.2, -0.15) is 0 Å². The number of pyridine rings is 1. The van der Waals surface area contributed by atoms with Crippen molar-refractivity contribution < 1.29 is 14.3 Å². The van der Waals surface area contributed by atoms with Crippen molar-refractivity contribution in [1.82, 2.24) is 15.2 Å². The Hall–Kier alpha value is -2.11. The zero-order valence-electron chi connectivity index (χ0n) is 16.0. The molecule has 142 valence electrons. The molecule has 0 saturated heterocycles. The minimum atomic E-state index is 0.0140. The van der Waals surface area contributed by atoms with Crippen LogP contribution in [0, 0.1) is 5.92 Å². The van der Waals surface area contributed by atoms with Crippen molar-refractivity contribution in [2.75, 3.05) is 7.11 Å². The summed E-state index contributed by atoms with van der Waals surface area (Å²) in [5.41, 5.74) is 2.20. The molecule has 1 aromatic rings. The Kier molecular flexibility index (Phi) is 5.79. The molecule has 2 aliphatic rings. The second kappa shape index (κ2) is 8.06. The standard InChI is InChI=1S/C20H29N3O3/c1-13(2)8-9-18(24)21-11-14-10-16-17(22-19(14)26-3)12-23(20(16)25)15-6-4-5-7-15/h10,13,15H,4-9,11-12H2,1-3H3,(H,21,24). The molecule has 6 nitrogen and oxygen atoms in total. The lowest BCUT2D eigenvalue weighted by Crippen LogP contribution is -2.33. The minimum Gasteiger partial charge on any atom is -0.481 e. The third-order valence-corrected chi connectivity index (χ3v) is 5.34. The monoisotopic (exact) mass is 359 g/mol. The van der Waals surface area contributed by atoms with Gasteiger partial charge in [0.1, 0.15) is 0 Å². The van der Waals surface area contributed by atoms with Gasteiger partial charge in [-0.15, -0.1) is 0 Å². The van der Waals surface area contributed by atoms with Crippen molar-refractivity contribution in [2.45, 2.75) is 71.5 Å². The van der Waals surface area contributed by atoms with E-state index in [2.05, 4.69) is 24.1 Å². The van der Waals surface area contributed by atoms with Gasteiger partial charge >= 0.3 is 0 Å². The molecule has 0 bridgehead atoms. The summed E-state index contributed by atoms with van der Waals surface area (Å²) >= 11 is 0. The largest absolute Gasteiger partial charge is 0.481 e. The molecule has 1 aliphatic heterocycles. The van der Waals surface area contributed by atoms with Crippen LogP contribution in [0.1, 0.15) is 74.0 Å². The number of hydrogen-bond donors (Lipinski definition) is 1. The summed E-state index contributed by atoms with van der Waals surface area (Å²) in [7, 11) is 1.57. The van der Waals surface area contributed by atoms with E-state index in [0.29, 0.717) is 42.9 Å². The van der Waals surface area contributed by atoms with Crippen LogP contribution < -0.4 is 10.1 Å². The smallest absolute Gasteiger partial charge is 0.256 e. The Morgan fingerprint density at radius 3 is 2.77 bits per heavy atom. The second-order valence-corrected chi connectivity index (χ2v) is 7.73. The van der Waals surface area contributed by atoms with Crippen LogP contribution in [-0.4, -0.2) is 34.8 Å². The van der Waals surface area contributed by atoms with Crippen molar-refractivity contribution in [2.24, 2.45) is 5.92 Å². The highest BCUT2D eigenvalue weighted by molar-refractivity contribution is 5.98. The molecule has 6 heteroatoms. The van der Waals surface area contributed by atoms with Gasteiger partial charge in [0.25, 0.3) is 5.91 Å². The molecule has 2 heterocycles. The lowest BCUT2D eigenvalue weighted by atomic mass is 10.1. The van der Waals surface area contributed by atoms with E-state index >= 15 is 0 Å². The Labute approximate surface area is 155 Å². The lowest BCUT2D eigenvalue weighted by molar-refractivity contribution is -0.121. The van der Waals surface area contributed by atoms with E-state index in [4.69, 9.17) is 4.74 Å². The zero-order chi connectivity index (χ0) is 18.7. The van der Waals surface area contributed by atoms with E-state index in [-0.39, 0.29) is 11.8 Å². The van der Waals surface area contributed by atoms with Crippen LogP contribution in [-0.2, 0) is 17.9 Å². The molecule has 0 unspecified atom stereocenters. The average Bonchev–Trinajstić information content (AvgIpc) is 3.25.